The Balaban J connectivity index is 1.36. The van der Waals surface area contributed by atoms with Gasteiger partial charge in [0.2, 0.25) is 0 Å². The average Bonchev–Trinajstić information content (AvgIpc) is 2.95. The highest BCUT2D eigenvalue weighted by Gasteiger charge is 2.45. The predicted molar refractivity (Wildman–Crippen MR) is 170 cm³/mol. The molecule has 4 aromatic rings. The molecule has 0 spiro atoms. The fourth-order valence-corrected chi connectivity index (χ4v) is 5.50. The number of rotatable bonds is 10. The monoisotopic (exact) mass is 551 g/mol. The molecule has 1 aliphatic heterocycles. The third-order valence-corrected chi connectivity index (χ3v) is 8.00. The van der Waals surface area contributed by atoms with E-state index in [4.69, 9.17) is 14.2 Å². The third-order valence-electron chi connectivity index (χ3n) is 8.00. The smallest absolute Gasteiger partial charge is 0.132 e. The molecule has 1 heterocycles. The maximum atomic E-state index is 6.67. The molecule has 0 aliphatic carbocycles. The largest absolute Gasteiger partial charge is 0.485 e. The molecule has 5 rings (SSSR count). The summed E-state index contributed by atoms with van der Waals surface area (Å²) in [5.74, 6) is 0.863. The van der Waals surface area contributed by atoms with Crippen molar-refractivity contribution in [1.29, 1.82) is 0 Å². The zero-order chi connectivity index (χ0) is 29.0. The first kappa shape index (κ1) is 29.2. The molecule has 41 heavy (non-hydrogen) atoms. The van der Waals surface area contributed by atoms with Crippen LogP contribution in [0.4, 0.5) is 5.69 Å². The minimum absolute atomic E-state index is 0.151. The van der Waals surface area contributed by atoms with Gasteiger partial charge in [0.25, 0.3) is 0 Å². The number of ether oxygens (including phenoxy) is 3. The Bertz CT molecular complexity index is 1450. The minimum atomic E-state index is -0.551. The SMILES string of the molecule is CCCCOC1c2cc(NCc3ccc(C(C)(C)C)cc3)ccc2OC(C)(C)C1OCc1ccc2ccccc2c1. The van der Waals surface area contributed by atoms with E-state index in [1.54, 1.807) is 0 Å². The standard InChI is InChI=1S/C37H45NO3/c1-7-8-21-39-34-32-23-31(38-24-26-14-17-30(18-15-26)36(2,3)4)19-20-33(32)41-37(5,6)35(34)40-25-27-13-16-28-11-9-10-12-29(28)22-27/h9-20,22-23,34-35,38H,7-8,21,24-25H2,1-6H3. The van der Waals surface area contributed by atoms with E-state index in [1.165, 1.54) is 21.9 Å². The van der Waals surface area contributed by atoms with Gasteiger partial charge in [-0.05, 0) is 77.4 Å². The van der Waals surface area contributed by atoms with Gasteiger partial charge in [-0.2, -0.15) is 0 Å². The number of fused-ring (bicyclic) bond motifs is 2. The lowest BCUT2D eigenvalue weighted by atomic mass is 9.87. The van der Waals surface area contributed by atoms with Gasteiger partial charge < -0.3 is 19.5 Å². The van der Waals surface area contributed by atoms with Crippen LogP contribution in [0.5, 0.6) is 5.75 Å². The summed E-state index contributed by atoms with van der Waals surface area (Å²) in [6.45, 7) is 15.1. The van der Waals surface area contributed by atoms with E-state index in [0.29, 0.717) is 13.2 Å². The second-order valence-corrected chi connectivity index (χ2v) is 12.8. The van der Waals surface area contributed by atoms with Crippen molar-refractivity contribution in [2.75, 3.05) is 11.9 Å². The molecule has 0 radical (unpaired) electrons. The van der Waals surface area contributed by atoms with E-state index in [0.717, 1.165) is 42.0 Å². The highest BCUT2D eigenvalue weighted by molar-refractivity contribution is 5.82. The zero-order valence-electron chi connectivity index (χ0n) is 25.5. The summed E-state index contributed by atoms with van der Waals surface area (Å²) in [4.78, 5) is 0. The summed E-state index contributed by atoms with van der Waals surface area (Å²) in [6.07, 6.45) is 1.59. The molecule has 0 bridgehead atoms. The van der Waals surface area contributed by atoms with E-state index in [1.807, 2.05) is 0 Å². The van der Waals surface area contributed by atoms with Crippen LogP contribution in [-0.2, 0) is 28.0 Å². The van der Waals surface area contributed by atoms with Crippen LogP contribution in [0.2, 0.25) is 0 Å². The molecule has 4 nitrogen and oxygen atoms in total. The van der Waals surface area contributed by atoms with Gasteiger partial charge in [-0.3, -0.25) is 0 Å². The molecule has 2 atom stereocenters. The fourth-order valence-electron chi connectivity index (χ4n) is 5.50. The molecular weight excluding hydrogens is 506 g/mol. The van der Waals surface area contributed by atoms with E-state index in [9.17, 15) is 0 Å². The predicted octanol–water partition coefficient (Wildman–Crippen LogP) is 9.36. The number of benzene rings is 4. The topological polar surface area (TPSA) is 39.7 Å². The zero-order valence-corrected chi connectivity index (χ0v) is 25.5. The summed E-state index contributed by atoms with van der Waals surface area (Å²) < 4.78 is 19.8. The van der Waals surface area contributed by atoms with Crippen LogP contribution in [0, 0.1) is 0 Å². The fraction of sp³-hybridized carbons (Fsp3) is 0.405. The third kappa shape index (κ3) is 6.94. The second kappa shape index (κ2) is 12.3. The normalized spacial score (nSPS) is 18.1. The molecule has 0 aromatic heterocycles. The molecule has 4 heteroatoms. The van der Waals surface area contributed by atoms with E-state index in [-0.39, 0.29) is 17.6 Å². The van der Waals surface area contributed by atoms with Gasteiger partial charge in [-0.1, -0.05) is 94.8 Å². The van der Waals surface area contributed by atoms with E-state index >= 15 is 0 Å². The van der Waals surface area contributed by atoms with Crippen molar-refractivity contribution in [1.82, 2.24) is 0 Å². The Hall–Kier alpha value is -3.34. The first-order valence-electron chi connectivity index (χ1n) is 15.0. The van der Waals surface area contributed by atoms with Crippen LogP contribution >= 0.6 is 0 Å². The number of unbranched alkanes of at least 4 members (excludes halogenated alkanes) is 1. The molecular formula is C37H45NO3. The highest BCUT2D eigenvalue weighted by atomic mass is 16.6. The molecule has 0 saturated heterocycles. The van der Waals surface area contributed by atoms with Crippen molar-refractivity contribution in [3.8, 4) is 5.75 Å². The minimum Gasteiger partial charge on any atom is -0.485 e. The van der Waals surface area contributed by atoms with Gasteiger partial charge in [0.15, 0.2) is 0 Å². The van der Waals surface area contributed by atoms with Gasteiger partial charge >= 0.3 is 0 Å². The Morgan fingerprint density at radius 1 is 0.829 bits per heavy atom. The Labute approximate surface area is 246 Å². The Morgan fingerprint density at radius 2 is 1.56 bits per heavy atom. The number of hydrogen-bond acceptors (Lipinski definition) is 4. The maximum absolute atomic E-state index is 6.67. The van der Waals surface area contributed by atoms with E-state index < -0.39 is 5.60 Å². The van der Waals surface area contributed by atoms with Gasteiger partial charge in [-0.25, -0.2) is 0 Å². The van der Waals surface area contributed by atoms with Gasteiger partial charge in [0.05, 0.1) is 6.61 Å². The quantitative estimate of drug-likeness (QED) is 0.199. The number of hydrogen-bond donors (Lipinski definition) is 1. The van der Waals surface area contributed by atoms with Crippen molar-refractivity contribution >= 4 is 16.5 Å². The summed E-state index contributed by atoms with van der Waals surface area (Å²) in [6, 6.07) is 30.2. The highest BCUT2D eigenvalue weighted by Crippen LogP contribution is 2.45. The van der Waals surface area contributed by atoms with Crippen LogP contribution in [0.15, 0.2) is 84.9 Å². The van der Waals surface area contributed by atoms with Crippen LogP contribution < -0.4 is 10.1 Å². The van der Waals surface area contributed by atoms with Crippen LogP contribution in [0.25, 0.3) is 10.8 Å². The molecule has 2 unspecified atom stereocenters. The summed E-state index contributed by atoms with van der Waals surface area (Å²) in [5, 5.41) is 6.07. The molecule has 0 saturated carbocycles. The average molecular weight is 552 g/mol. The van der Waals surface area contributed by atoms with E-state index in [2.05, 4.69) is 132 Å². The van der Waals surface area contributed by atoms with Gasteiger partial charge in [0, 0.05) is 24.4 Å². The maximum Gasteiger partial charge on any atom is 0.132 e. The van der Waals surface area contributed by atoms with Crippen molar-refractivity contribution in [2.45, 2.75) is 90.8 Å². The first-order chi connectivity index (χ1) is 19.6. The lowest BCUT2D eigenvalue weighted by Gasteiger charge is -2.44. The lowest BCUT2D eigenvalue weighted by Crippen LogP contribution is -2.51. The molecule has 4 aromatic carbocycles. The van der Waals surface area contributed by atoms with Crippen LogP contribution in [0.3, 0.4) is 0 Å². The first-order valence-corrected chi connectivity index (χ1v) is 15.0. The van der Waals surface area contributed by atoms with Gasteiger partial charge in [0.1, 0.15) is 23.6 Å². The molecule has 0 amide bonds. The summed E-state index contributed by atoms with van der Waals surface area (Å²) in [5.41, 5.74) is 5.42. The van der Waals surface area contributed by atoms with Crippen LogP contribution in [-0.4, -0.2) is 18.3 Å². The molecule has 1 aliphatic rings. The van der Waals surface area contributed by atoms with Crippen molar-refractivity contribution < 1.29 is 14.2 Å². The van der Waals surface area contributed by atoms with Crippen molar-refractivity contribution in [2.24, 2.45) is 0 Å². The molecule has 1 N–H and O–H groups in total. The molecule has 216 valence electrons. The van der Waals surface area contributed by atoms with Crippen molar-refractivity contribution in [3.05, 3.63) is 107 Å². The summed E-state index contributed by atoms with van der Waals surface area (Å²) in [7, 11) is 0. The summed E-state index contributed by atoms with van der Waals surface area (Å²) >= 11 is 0. The molecule has 0 fully saturated rings. The lowest BCUT2D eigenvalue weighted by molar-refractivity contribution is -0.167. The second-order valence-electron chi connectivity index (χ2n) is 12.8. The number of nitrogens with one attached hydrogen (secondary N) is 1. The van der Waals surface area contributed by atoms with Crippen LogP contribution in [0.1, 0.15) is 82.7 Å². The van der Waals surface area contributed by atoms with Crippen molar-refractivity contribution in [3.63, 3.8) is 0 Å². The Morgan fingerprint density at radius 3 is 2.29 bits per heavy atom. The Kier molecular flexibility index (Phi) is 8.72. The van der Waals surface area contributed by atoms with Gasteiger partial charge in [-0.15, -0.1) is 0 Å². The number of anilines is 1.